The van der Waals surface area contributed by atoms with E-state index in [1.165, 1.54) is 13.1 Å². The summed E-state index contributed by atoms with van der Waals surface area (Å²) >= 11 is 0. The van der Waals surface area contributed by atoms with Crippen LogP contribution >= 0.6 is 0 Å². The first kappa shape index (κ1) is 21.0. The molecule has 2 heterocycles. The number of hydrogen-bond acceptors (Lipinski definition) is 6. The Hall–Kier alpha value is -4.92. The Bertz CT molecular complexity index is 1680. The van der Waals surface area contributed by atoms with Gasteiger partial charge in [0.15, 0.2) is 0 Å². The normalized spacial score (nSPS) is 11.1. The van der Waals surface area contributed by atoms with Gasteiger partial charge in [0, 0.05) is 29.4 Å². The summed E-state index contributed by atoms with van der Waals surface area (Å²) in [5, 5.41) is 24.0. The molecule has 0 unspecified atom stereocenters. The first-order valence-corrected chi connectivity index (χ1v) is 10.3. The fourth-order valence-corrected chi connectivity index (χ4v) is 4.23. The quantitative estimate of drug-likeness (QED) is 0.209. The van der Waals surface area contributed by atoms with Crippen molar-refractivity contribution in [2.45, 2.75) is 0 Å². The van der Waals surface area contributed by atoms with Crippen LogP contribution < -0.4 is 5.56 Å². The fraction of sp³-hybridized carbons (Fsp3) is 0.0400. The zero-order valence-electron chi connectivity index (χ0n) is 17.8. The molecule has 0 atom stereocenters. The van der Waals surface area contributed by atoms with E-state index >= 15 is 0 Å². The lowest BCUT2D eigenvalue weighted by atomic mass is 9.95. The summed E-state index contributed by atoms with van der Waals surface area (Å²) in [5.74, 6) is 0. The molecule has 0 fully saturated rings. The summed E-state index contributed by atoms with van der Waals surface area (Å²) in [6, 6.07) is 22.5. The standard InChI is InChI=1S/C25H16N4O5/c1-27-24-19(12-17(28(31)32)13-21(24)29(33)34)22-18(15-8-4-2-5-9-15)14-20(26-23(22)25(27)30)16-10-6-3-7-11-16/h2-14H,1H3. The van der Waals surface area contributed by atoms with E-state index in [9.17, 15) is 25.0 Å². The summed E-state index contributed by atoms with van der Waals surface area (Å²) in [6.45, 7) is 0. The number of rotatable bonds is 4. The van der Waals surface area contributed by atoms with Gasteiger partial charge in [-0.1, -0.05) is 60.7 Å². The predicted molar refractivity (Wildman–Crippen MR) is 129 cm³/mol. The topological polar surface area (TPSA) is 121 Å². The zero-order valence-corrected chi connectivity index (χ0v) is 17.8. The molecule has 0 amide bonds. The lowest BCUT2D eigenvalue weighted by molar-refractivity contribution is -0.393. The second-order valence-electron chi connectivity index (χ2n) is 7.75. The van der Waals surface area contributed by atoms with Gasteiger partial charge < -0.3 is 4.57 Å². The van der Waals surface area contributed by atoms with E-state index in [0.29, 0.717) is 16.6 Å². The second-order valence-corrected chi connectivity index (χ2v) is 7.75. The first-order valence-electron chi connectivity index (χ1n) is 10.3. The highest BCUT2D eigenvalue weighted by Crippen LogP contribution is 2.39. The molecule has 0 aliphatic rings. The Labute approximate surface area is 191 Å². The summed E-state index contributed by atoms with van der Waals surface area (Å²) in [6.07, 6.45) is 0. The highest BCUT2D eigenvalue weighted by Gasteiger charge is 2.26. The summed E-state index contributed by atoms with van der Waals surface area (Å²) in [5.41, 5.74) is 1.26. The van der Waals surface area contributed by atoms with Crippen LogP contribution in [0.2, 0.25) is 0 Å². The van der Waals surface area contributed by atoms with Crippen LogP contribution in [0, 0.1) is 20.2 Å². The number of pyridine rings is 2. The lowest BCUT2D eigenvalue weighted by Gasteiger charge is -2.15. The van der Waals surface area contributed by atoms with Gasteiger partial charge in [-0.15, -0.1) is 0 Å². The smallest absolute Gasteiger partial charge is 0.300 e. The average molecular weight is 452 g/mol. The number of hydrogen-bond donors (Lipinski definition) is 0. The van der Waals surface area contributed by atoms with E-state index in [-0.39, 0.29) is 16.4 Å². The van der Waals surface area contributed by atoms with Crippen LogP contribution in [0.3, 0.4) is 0 Å². The van der Waals surface area contributed by atoms with Gasteiger partial charge in [-0.05, 0) is 17.2 Å². The molecule has 0 N–H and O–H groups in total. The highest BCUT2D eigenvalue weighted by atomic mass is 16.6. The van der Waals surface area contributed by atoms with Gasteiger partial charge >= 0.3 is 0 Å². The molecule has 9 nitrogen and oxygen atoms in total. The molecule has 0 radical (unpaired) electrons. The van der Waals surface area contributed by atoms with Crippen molar-refractivity contribution in [3.05, 3.63) is 109 Å². The van der Waals surface area contributed by atoms with Gasteiger partial charge in [-0.25, -0.2) is 4.98 Å². The van der Waals surface area contributed by atoms with E-state index < -0.39 is 26.8 Å². The molecular weight excluding hydrogens is 436 g/mol. The summed E-state index contributed by atoms with van der Waals surface area (Å²) in [4.78, 5) is 40.1. The van der Waals surface area contributed by atoms with Crippen molar-refractivity contribution >= 4 is 33.2 Å². The van der Waals surface area contributed by atoms with Gasteiger partial charge in [0.05, 0.1) is 21.6 Å². The third-order valence-corrected chi connectivity index (χ3v) is 5.77. The molecule has 0 saturated heterocycles. The van der Waals surface area contributed by atoms with Crippen LogP contribution in [0.15, 0.2) is 83.7 Å². The van der Waals surface area contributed by atoms with Gasteiger partial charge in [0.1, 0.15) is 11.0 Å². The minimum Gasteiger partial charge on any atom is -0.304 e. The van der Waals surface area contributed by atoms with Crippen LogP contribution in [-0.4, -0.2) is 19.4 Å². The third kappa shape index (κ3) is 3.27. The Morgan fingerprint density at radius 2 is 1.44 bits per heavy atom. The van der Waals surface area contributed by atoms with E-state index in [2.05, 4.69) is 4.98 Å². The van der Waals surface area contributed by atoms with E-state index in [1.807, 2.05) is 60.7 Å². The number of non-ortho nitro benzene ring substituents is 2. The number of benzene rings is 3. The average Bonchev–Trinajstić information content (AvgIpc) is 2.86. The molecule has 2 aromatic heterocycles. The van der Waals surface area contributed by atoms with E-state index in [4.69, 9.17) is 0 Å². The van der Waals surface area contributed by atoms with Gasteiger partial charge in [-0.2, -0.15) is 0 Å². The van der Waals surface area contributed by atoms with Crippen molar-refractivity contribution in [1.29, 1.82) is 0 Å². The Morgan fingerprint density at radius 1 is 0.824 bits per heavy atom. The van der Waals surface area contributed by atoms with Gasteiger partial charge in [0.25, 0.3) is 16.9 Å². The SMILES string of the molecule is Cn1c(=O)c2nc(-c3ccccc3)cc(-c3ccccc3)c2c2cc([N+](=O)[O-])cc([N+](=O)[O-])c21. The molecule has 0 saturated carbocycles. The molecule has 0 bridgehead atoms. The van der Waals surface area contributed by atoms with Gasteiger partial charge in [-0.3, -0.25) is 25.0 Å². The second kappa shape index (κ2) is 7.89. The number of nitro benzene ring substituents is 2. The van der Waals surface area contributed by atoms with E-state index in [0.717, 1.165) is 21.8 Å². The molecule has 0 aliphatic carbocycles. The molecule has 34 heavy (non-hydrogen) atoms. The van der Waals surface area contributed by atoms with Gasteiger partial charge in [0.2, 0.25) is 0 Å². The van der Waals surface area contributed by atoms with E-state index in [1.54, 1.807) is 6.07 Å². The van der Waals surface area contributed by atoms with Crippen LogP contribution in [-0.2, 0) is 7.05 Å². The van der Waals surface area contributed by atoms with Crippen LogP contribution in [0.5, 0.6) is 0 Å². The van der Waals surface area contributed by atoms with Crippen molar-refractivity contribution in [3.8, 4) is 22.4 Å². The Balaban J connectivity index is 2.06. The minimum atomic E-state index is -0.714. The van der Waals surface area contributed by atoms with Crippen molar-refractivity contribution < 1.29 is 9.85 Å². The minimum absolute atomic E-state index is 0.000424. The summed E-state index contributed by atoms with van der Waals surface area (Å²) < 4.78 is 1.13. The lowest BCUT2D eigenvalue weighted by Crippen LogP contribution is -2.20. The summed E-state index contributed by atoms with van der Waals surface area (Å²) in [7, 11) is 1.40. The van der Waals surface area contributed by atoms with Crippen LogP contribution in [0.25, 0.3) is 44.2 Å². The zero-order chi connectivity index (χ0) is 24.0. The van der Waals surface area contributed by atoms with Crippen molar-refractivity contribution in [2.75, 3.05) is 0 Å². The first-order chi connectivity index (χ1) is 16.4. The number of nitro groups is 2. The number of nitrogens with zero attached hydrogens (tertiary/aromatic N) is 4. The number of aromatic nitrogens is 2. The Kier molecular flexibility index (Phi) is 4.86. The number of aryl methyl sites for hydroxylation is 1. The predicted octanol–water partition coefficient (Wildman–Crippen LogP) is 5.24. The van der Waals surface area contributed by atoms with Crippen molar-refractivity contribution in [1.82, 2.24) is 9.55 Å². The Morgan fingerprint density at radius 3 is 2.03 bits per heavy atom. The fourth-order valence-electron chi connectivity index (χ4n) is 4.23. The maximum absolute atomic E-state index is 13.4. The van der Waals surface area contributed by atoms with Crippen molar-refractivity contribution in [3.63, 3.8) is 0 Å². The molecular formula is C25H16N4O5. The largest absolute Gasteiger partial charge is 0.304 e. The molecule has 5 aromatic rings. The maximum Gasteiger partial charge on any atom is 0.300 e. The molecule has 0 aliphatic heterocycles. The van der Waals surface area contributed by atoms with Crippen molar-refractivity contribution in [2.24, 2.45) is 7.05 Å². The molecule has 3 aromatic carbocycles. The number of fused-ring (bicyclic) bond motifs is 3. The third-order valence-electron chi connectivity index (χ3n) is 5.77. The van der Waals surface area contributed by atoms with Crippen LogP contribution in [0.4, 0.5) is 11.4 Å². The molecule has 9 heteroatoms. The molecule has 5 rings (SSSR count). The maximum atomic E-state index is 13.4. The molecule has 166 valence electrons. The monoisotopic (exact) mass is 452 g/mol. The van der Waals surface area contributed by atoms with Crippen LogP contribution in [0.1, 0.15) is 0 Å². The highest BCUT2D eigenvalue weighted by molar-refractivity contribution is 6.15. The molecule has 0 spiro atoms.